The zero-order valence-corrected chi connectivity index (χ0v) is 15.5. The molecular formula is C21H26FNO3. The molecule has 0 aromatic heterocycles. The highest BCUT2D eigenvalue weighted by molar-refractivity contribution is 5.78. The minimum absolute atomic E-state index is 0.101. The van der Waals surface area contributed by atoms with Gasteiger partial charge in [-0.1, -0.05) is 37.3 Å². The number of rotatable bonds is 8. The number of hydrogen-bond acceptors (Lipinski definition) is 3. The van der Waals surface area contributed by atoms with Crippen LogP contribution in [0.1, 0.15) is 23.6 Å². The van der Waals surface area contributed by atoms with E-state index in [-0.39, 0.29) is 30.8 Å². The second kappa shape index (κ2) is 9.34. The topological polar surface area (TPSA) is 58.6 Å². The molecule has 26 heavy (non-hydrogen) atoms. The highest BCUT2D eigenvalue weighted by atomic mass is 19.1. The summed E-state index contributed by atoms with van der Waals surface area (Å²) in [4.78, 5) is 12.2. The molecule has 0 aliphatic rings. The van der Waals surface area contributed by atoms with Crippen molar-refractivity contribution >= 4 is 5.91 Å². The van der Waals surface area contributed by atoms with Crippen LogP contribution >= 0.6 is 0 Å². The van der Waals surface area contributed by atoms with Crippen LogP contribution in [0.15, 0.2) is 42.5 Å². The molecule has 2 rings (SSSR count). The van der Waals surface area contributed by atoms with Crippen LogP contribution in [-0.2, 0) is 11.2 Å². The number of hydrogen-bond donors (Lipinski definition) is 2. The first-order chi connectivity index (χ1) is 12.4. The molecule has 2 atom stereocenters. The normalized spacial score (nSPS) is 13.1. The number of carbonyl (C=O) groups is 1. The number of amides is 1. The lowest BCUT2D eigenvalue weighted by atomic mass is 10.0. The van der Waals surface area contributed by atoms with Crippen molar-refractivity contribution in [3.8, 4) is 5.75 Å². The van der Waals surface area contributed by atoms with Crippen LogP contribution in [0.3, 0.4) is 0 Å². The van der Waals surface area contributed by atoms with E-state index in [1.807, 2.05) is 32.0 Å². The molecule has 1 amide bonds. The van der Waals surface area contributed by atoms with Crippen LogP contribution in [0, 0.1) is 25.6 Å². The maximum absolute atomic E-state index is 13.2. The number of aliphatic hydroxyl groups excluding tert-OH is 1. The summed E-state index contributed by atoms with van der Waals surface area (Å²) in [7, 11) is 0. The molecule has 0 aliphatic carbocycles. The van der Waals surface area contributed by atoms with E-state index in [0.29, 0.717) is 6.42 Å². The molecule has 5 heteroatoms. The third kappa shape index (κ3) is 5.85. The van der Waals surface area contributed by atoms with Gasteiger partial charge in [0, 0.05) is 12.5 Å². The van der Waals surface area contributed by atoms with Crippen molar-refractivity contribution in [3.63, 3.8) is 0 Å². The summed E-state index contributed by atoms with van der Waals surface area (Å²) in [5.74, 6) is -0.0459. The Balaban J connectivity index is 1.77. The van der Waals surface area contributed by atoms with E-state index in [1.54, 1.807) is 19.1 Å². The van der Waals surface area contributed by atoms with Crippen molar-refractivity contribution in [3.05, 3.63) is 65.0 Å². The largest absolute Gasteiger partial charge is 0.490 e. The molecule has 0 bridgehead atoms. The van der Waals surface area contributed by atoms with Gasteiger partial charge >= 0.3 is 0 Å². The fourth-order valence-corrected chi connectivity index (χ4v) is 2.77. The standard InChI is InChI=1S/C21H26FNO3/c1-14-6-4-7-15(2)20(14)26-13-19(24)12-23-21(25)16(3)10-17-8-5-9-18(22)11-17/h4-9,11,16,19,24H,10,12-13H2,1-3H3,(H,23,25). The lowest BCUT2D eigenvalue weighted by Crippen LogP contribution is -2.38. The van der Waals surface area contributed by atoms with Gasteiger partial charge in [0.1, 0.15) is 24.3 Å². The molecule has 0 saturated carbocycles. The van der Waals surface area contributed by atoms with Gasteiger partial charge in [0.25, 0.3) is 0 Å². The van der Waals surface area contributed by atoms with E-state index in [1.165, 1.54) is 12.1 Å². The maximum atomic E-state index is 13.2. The van der Waals surface area contributed by atoms with Gasteiger partial charge in [0.15, 0.2) is 0 Å². The molecule has 0 aliphatic heterocycles. The van der Waals surface area contributed by atoms with E-state index in [2.05, 4.69) is 5.32 Å². The molecule has 0 heterocycles. The van der Waals surface area contributed by atoms with Crippen LogP contribution in [0.25, 0.3) is 0 Å². The predicted octanol–water partition coefficient (Wildman–Crippen LogP) is 3.18. The number of halogens is 1. The zero-order chi connectivity index (χ0) is 19.1. The summed E-state index contributed by atoms with van der Waals surface area (Å²) >= 11 is 0. The Labute approximate surface area is 154 Å². The maximum Gasteiger partial charge on any atom is 0.223 e. The summed E-state index contributed by atoms with van der Waals surface area (Å²) in [5, 5.41) is 12.8. The Bertz CT molecular complexity index is 728. The van der Waals surface area contributed by atoms with Crippen molar-refractivity contribution in [2.24, 2.45) is 5.92 Å². The minimum Gasteiger partial charge on any atom is -0.490 e. The van der Waals surface area contributed by atoms with Crippen molar-refractivity contribution in [1.29, 1.82) is 0 Å². The predicted molar refractivity (Wildman–Crippen MR) is 99.7 cm³/mol. The number of para-hydroxylation sites is 1. The second-order valence-corrected chi connectivity index (χ2v) is 6.67. The van der Waals surface area contributed by atoms with Crippen molar-refractivity contribution in [1.82, 2.24) is 5.32 Å². The van der Waals surface area contributed by atoms with E-state index in [4.69, 9.17) is 4.74 Å². The smallest absolute Gasteiger partial charge is 0.223 e. The fourth-order valence-electron chi connectivity index (χ4n) is 2.77. The Morgan fingerprint density at radius 2 is 1.85 bits per heavy atom. The van der Waals surface area contributed by atoms with Crippen LogP contribution in [0.4, 0.5) is 4.39 Å². The third-order valence-corrected chi connectivity index (χ3v) is 4.22. The average Bonchev–Trinajstić information content (AvgIpc) is 2.59. The third-order valence-electron chi connectivity index (χ3n) is 4.22. The average molecular weight is 359 g/mol. The summed E-state index contributed by atoms with van der Waals surface area (Å²) in [6.07, 6.45) is -0.363. The van der Waals surface area contributed by atoms with Gasteiger partial charge < -0.3 is 15.2 Å². The molecule has 140 valence electrons. The SMILES string of the molecule is Cc1cccc(C)c1OCC(O)CNC(=O)C(C)Cc1cccc(F)c1. The van der Waals surface area contributed by atoms with E-state index in [9.17, 15) is 14.3 Å². The number of benzene rings is 2. The monoisotopic (exact) mass is 359 g/mol. The second-order valence-electron chi connectivity index (χ2n) is 6.67. The number of aliphatic hydroxyl groups is 1. The molecular weight excluding hydrogens is 333 g/mol. The van der Waals surface area contributed by atoms with Crippen LogP contribution in [0.5, 0.6) is 5.75 Å². The molecule has 0 saturated heterocycles. The van der Waals surface area contributed by atoms with Gasteiger partial charge in [0.05, 0.1) is 0 Å². The molecule has 2 aromatic rings. The first-order valence-electron chi connectivity index (χ1n) is 8.76. The Morgan fingerprint density at radius 3 is 2.50 bits per heavy atom. The Hall–Kier alpha value is -2.40. The van der Waals surface area contributed by atoms with Crippen LogP contribution < -0.4 is 10.1 Å². The van der Waals surface area contributed by atoms with Gasteiger partial charge in [-0.2, -0.15) is 0 Å². The fraction of sp³-hybridized carbons (Fsp3) is 0.381. The number of aryl methyl sites for hydroxylation is 2. The molecule has 0 fully saturated rings. The molecule has 2 N–H and O–H groups in total. The van der Waals surface area contributed by atoms with Gasteiger partial charge in [-0.05, 0) is 49.1 Å². The number of nitrogens with one attached hydrogen (secondary N) is 1. The van der Waals surface area contributed by atoms with Gasteiger partial charge in [0.2, 0.25) is 5.91 Å². The van der Waals surface area contributed by atoms with Crippen molar-refractivity contribution in [2.45, 2.75) is 33.3 Å². The van der Waals surface area contributed by atoms with Gasteiger partial charge in [-0.3, -0.25) is 4.79 Å². The highest BCUT2D eigenvalue weighted by Crippen LogP contribution is 2.22. The molecule has 0 radical (unpaired) electrons. The van der Waals surface area contributed by atoms with E-state index >= 15 is 0 Å². The van der Waals surface area contributed by atoms with Crippen LogP contribution in [0.2, 0.25) is 0 Å². The Kier molecular flexibility index (Phi) is 7.16. The summed E-state index contributed by atoms with van der Waals surface area (Å²) < 4.78 is 18.9. The first kappa shape index (κ1) is 19.9. The Morgan fingerprint density at radius 1 is 1.19 bits per heavy atom. The number of ether oxygens (including phenoxy) is 1. The number of carbonyl (C=O) groups excluding carboxylic acids is 1. The molecule has 0 spiro atoms. The molecule has 2 unspecified atom stereocenters. The van der Waals surface area contributed by atoms with Gasteiger partial charge in [-0.15, -0.1) is 0 Å². The summed E-state index contributed by atoms with van der Waals surface area (Å²) in [6.45, 7) is 5.89. The lowest BCUT2D eigenvalue weighted by Gasteiger charge is -2.17. The van der Waals surface area contributed by atoms with Crippen molar-refractivity contribution in [2.75, 3.05) is 13.2 Å². The molecule has 2 aromatic carbocycles. The quantitative estimate of drug-likeness (QED) is 0.761. The highest BCUT2D eigenvalue weighted by Gasteiger charge is 2.16. The summed E-state index contributed by atoms with van der Waals surface area (Å²) in [6, 6.07) is 12.1. The van der Waals surface area contributed by atoms with E-state index in [0.717, 1.165) is 22.4 Å². The first-order valence-corrected chi connectivity index (χ1v) is 8.76. The van der Waals surface area contributed by atoms with Crippen LogP contribution in [-0.4, -0.2) is 30.3 Å². The summed E-state index contributed by atoms with van der Waals surface area (Å²) in [5.41, 5.74) is 2.78. The molecule has 4 nitrogen and oxygen atoms in total. The van der Waals surface area contributed by atoms with Crippen molar-refractivity contribution < 1.29 is 19.0 Å². The lowest BCUT2D eigenvalue weighted by molar-refractivity contribution is -0.125. The van der Waals surface area contributed by atoms with E-state index < -0.39 is 6.10 Å². The zero-order valence-electron chi connectivity index (χ0n) is 15.5. The van der Waals surface area contributed by atoms with Gasteiger partial charge in [-0.25, -0.2) is 4.39 Å². The minimum atomic E-state index is -0.806.